The van der Waals surface area contributed by atoms with Crippen molar-refractivity contribution in [2.45, 2.75) is 13.0 Å². The first kappa shape index (κ1) is 14.8. The Kier molecular flexibility index (Phi) is 4.63. The molecule has 0 unspecified atom stereocenters. The largest absolute Gasteiger partial charge is 0.352 e. The van der Waals surface area contributed by atoms with Gasteiger partial charge in [0.15, 0.2) is 0 Å². The summed E-state index contributed by atoms with van der Waals surface area (Å²) < 4.78 is 32.2. The molecule has 0 fully saturated rings. The van der Waals surface area contributed by atoms with Gasteiger partial charge in [0.2, 0.25) is 15.9 Å². The molecule has 20 heavy (non-hydrogen) atoms. The molecule has 9 heteroatoms. The summed E-state index contributed by atoms with van der Waals surface area (Å²) in [5.74, 6) is -0.211. The van der Waals surface area contributed by atoms with Crippen molar-refractivity contribution < 1.29 is 13.2 Å². The predicted octanol–water partition coefficient (Wildman–Crippen LogP) is 0.247. The van der Waals surface area contributed by atoms with Crippen LogP contribution in [0.4, 0.5) is 0 Å². The van der Waals surface area contributed by atoms with Crippen LogP contribution in [0.25, 0.3) is 11.0 Å². The Bertz CT molecular complexity index is 711. The van der Waals surface area contributed by atoms with Crippen LogP contribution in [-0.4, -0.2) is 35.9 Å². The van der Waals surface area contributed by atoms with Crippen molar-refractivity contribution in [3.8, 4) is 0 Å². The van der Waals surface area contributed by atoms with Gasteiger partial charge >= 0.3 is 0 Å². The van der Waals surface area contributed by atoms with Crippen LogP contribution in [-0.2, 0) is 21.4 Å². The van der Waals surface area contributed by atoms with Gasteiger partial charge in [0.05, 0.1) is 18.0 Å². The van der Waals surface area contributed by atoms with E-state index in [0.29, 0.717) is 6.54 Å². The number of amides is 1. The van der Waals surface area contributed by atoms with E-state index in [4.69, 9.17) is 0 Å². The second-order valence-electron chi connectivity index (χ2n) is 4.28. The average Bonchev–Trinajstić information content (AvgIpc) is 2.82. The molecule has 1 amide bonds. The molecule has 0 aliphatic carbocycles. The van der Waals surface area contributed by atoms with Crippen LogP contribution in [0.5, 0.6) is 0 Å². The maximum absolute atomic E-state index is 11.5. The lowest BCUT2D eigenvalue weighted by Gasteiger charge is -2.05. The third-order valence-electron chi connectivity index (χ3n) is 2.52. The Morgan fingerprint density at radius 1 is 1.30 bits per heavy atom. The Hall–Kier alpha value is -1.58. The zero-order valence-electron chi connectivity index (χ0n) is 10.8. The molecular formula is C11H14N4O3S2. The number of hydrogen-bond acceptors (Lipinski definition) is 6. The molecule has 0 aliphatic heterocycles. The summed E-state index contributed by atoms with van der Waals surface area (Å²) >= 11 is 1.15. The van der Waals surface area contributed by atoms with Crippen molar-refractivity contribution in [1.82, 2.24) is 18.8 Å². The Labute approximate surface area is 120 Å². The van der Waals surface area contributed by atoms with Gasteiger partial charge in [-0.3, -0.25) is 4.79 Å². The van der Waals surface area contributed by atoms with E-state index in [0.717, 1.165) is 34.6 Å². The molecule has 0 saturated carbocycles. The number of fused-ring (bicyclic) bond motifs is 1. The second-order valence-corrected chi connectivity index (χ2v) is 6.64. The van der Waals surface area contributed by atoms with Gasteiger partial charge in [-0.05, 0) is 17.7 Å². The normalized spacial score (nSPS) is 11.7. The highest BCUT2D eigenvalue weighted by Crippen LogP contribution is 2.13. The van der Waals surface area contributed by atoms with E-state index >= 15 is 0 Å². The molecule has 2 N–H and O–H groups in total. The van der Waals surface area contributed by atoms with E-state index < -0.39 is 10.0 Å². The van der Waals surface area contributed by atoms with Gasteiger partial charge in [-0.25, -0.2) is 13.1 Å². The van der Waals surface area contributed by atoms with Crippen molar-refractivity contribution in [1.29, 1.82) is 0 Å². The zero-order valence-corrected chi connectivity index (χ0v) is 12.4. The Balaban J connectivity index is 1.80. The van der Waals surface area contributed by atoms with Gasteiger partial charge in [0, 0.05) is 19.5 Å². The van der Waals surface area contributed by atoms with Crippen molar-refractivity contribution in [3.63, 3.8) is 0 Å². The van der Waals surface area contributed by atoms with E-state index in [2.05, 4.69) is 18.8 Å². The molecule has 2 aromatic rings. The molecule has 0 saturated heterocycles. The maximum atomic E-state index is 11.5. The van der Waals surface area contributed by atoms with Crippen molar-refractivity contribution in [2.24, 2.45) is 0 Å². The van der Waals surface area contributed by atoms with E-state index in [1.165, 1.54) is 0 Å². The monoisotopic (exact) mass is 314 g/mol. The number of rotatable bonds is 6. The minimum atomic E-state index is -3.25. The molecule has 1 aromatic heterocycles. The number of hydrogen-bond donors (Lipinski definition) is 2. The van der Waals surface area contributed by atoms with E-state index in [-0.39, 0.29) is 18.9 Å². The van der Waals surface area contributed by atoms with Gasteiger partial charge in [-0.2, -0.15) is 8.75 Å². The molecule has 7 nitrogen and oxygen atoms in total. The first-order valence-electron chi connectivity index (χ1n) is 5.86. The molecule has 1 heterocycles. The number of nitrogens with zero attached hydrogens (tertiary/aromatic N) is 2. The van der Waals surface area contributed by atoms with Crippen LogP contribution in [0, 0.1) is 0 Å². The van der Waals surface area contributed by atoms with Crippen LogP contribution in [0.2, 0.25) is 0 Å². The van der Waals surface area contributed by atoms with Crippen molar-refractivity contribution in [2.75, 3.05) is 12.8 Å². The third-order valence-corrected chi connectivity index (χ3v) is 3.81. The highest BCUT2D eigenvalue weighted by Gasteiger charge is 2.05. The second kappa shape index (κ2) is 6.25. The summed E-state index contributed by atoms with van der Waals surface area (Å²) in [6.07, 6.45) is 1.16. The van der Waals surface area contributed by atoms with Crippen molar-refractivity contribution >= 4 is 38.7 Å². The molecule has 0 bridgehead atoms. The van der Waals surface area contributed by atoms with Crippen molar-refractivity contribution in [3.05, 3.63) is 23.8 Å². The molecule has 1 aromatic carbocycles. The standard InChI is InChI=1S/C11H14N4O3S2/c1-20(17,18)13-5-4-11(16)12-7-8-2-3-9-10(6-8)15-19-14-9/h2-3,6,13H,4-5,7H2,1H3,(H,12,16). The topological polar surface area (TPSA) is 101 Å². The summed E-state index contributed by atoms with van der Waals surface area (Å²) in [6.45, 7) is 0.477. The van der Waals surface area contributed by atoms with Gasteiger partial charge in [0.25, 0.3) is 0 Å². The van der Waals surface area contributed by atoms with Gasteiger partial charge in [0.1, 0.15) is 11.0 Å². The molecule has 2 rings (SSSR count). The van der Waals surface area contributed by atoms with Crippen LogP contribution < -0.4 is 10.0 Å². The van der Waals surface area contributed by atoms with E-state index in [1.54, 1.807) is 0 Å². The fraction of sp³-hybridized carbons (Fsp3) is 0.364. The minimum Gasteiger partial charge on any atom is -0.352 e. The molecule has 0 aliphatic rings. The van der Waals surface area contributed by atoms with Gasteiger partial charge in [-0.1, -0.05) is 6.07 Å². The van der Waals surface area contributed by atoms with Crippen LogP contribution in [0.1, 0.15) is 12.0 Å². The molecule has 108 valence electrons. The predicted molar refractivity (Wildman–Crippen MR) is 76.7 cm³/mol. The van der Waals surface area contributed by atoms with Crippen LogP contribution in [0.15, 0.2) is 18.2 Å². The summed E-state index contributed by atoms with van der Waals surface area (Å²) in [4.78, 5) is 11.5. The average molecular weight is 314 g/mol. The minimum absolute atomic E-state index is 0.0969. The summed E-state index contributed by atoms with van der Waals surface area (Å²) in [5.41, 5.74) is 2.57. The molecular weight excluding hydrogens is 300 g/mol. The fourth-order valence-electron chi connectivity index (χ4n) is 1.58. The number of benzene rings is 1. The number of aromatic nitrogens is 2. The van der Waals surface area contributed by atoms with Gasteiger partial charge < -0.3 is 5.32 Å². The Morgan fingerprint density at radius 2 is 2.05 bits per heavy atom. The number of nitrogens with one attached hydrogen (secondary N) is 2. The summed E-state index contributed by atoms with van der Waals surface area (Å²) in [7, 11) is -3.25. The maximum Gasteiger partial charge on any atom is 0.221 e. The molecule has 0 spiro atoms. The van der Waals surface area contributed by atoms with Crippen LogP contribution in [0.3, 0.4) is 0 Å². The molecule has 0 radical (unpaired) electrons. The number of sulfonamides is 1. The highest BCUT2D eigenvalue weighted by molar-refractivity contribution is 7.88. The number of carbonyl (C=O) groups is 1. The molecule has 0 atom stereocenters. The summed E-state index contributed by atoms with van der Waals surface area (Å²) in [6, 6.07) is 5.60. The van der Waals surface area contributed by atoms with Gasteiger partial charge in [-0.15, -0.1) is 0 Å². The fourth-order valence-corrected chi connectivity index (χ4v) is 2.57. The lowest BCUT2D eigenvalue weighted by molar-refractivity contribution is -0.121. The Morgan fingerprint density at radius 3 is 2.80 bits per heavy atom. The smallest absolute Gasteiger partial charge is 0.221 e. The highest BCUT2D eigenvalue weighted by atomic mass is 32.2. The zero-order chi connectivity index (χ0) is 14.6. The SMILES string of the molecule is CS(=O)(=O)NCCC(=O)NCc1ccc2nsnc2c1. The lowest BCUT2D eigenvalue weighted by Crippen LogP contribution is -2.29. The lowest BCUT2D eigenvalue weighted by atomic mass is 10.2. The first-order valence-corrected chi connectivity index (χ1v) is 8.49. The third kappa shape index (κ3) is 4.51. The van der Waals surface area contributed by atoms with E-state index in [1.807, 2.05) is 18.2 Å². The van der Waals surface area contributed by atoms with E-state index in [9.17, 15) is 13.2 Å². The first-order chi connectivity index (χ1) is 9.44. The number of carbonyl (C=O) groups excluding carboxylic acids is 1. The van der Waals surface area contributed by atoms with Crippen LogP contribution >= 0.6 is 11.7 Å². The quantitative estimate of drug-likeness (QED) is 0.796. The summed E-state index contributed by atoms with van der Waals surface area (Å²) in [5, 5.41) is 2.72.